The van der Waals surface area contributed by atoms with E-state index in [1.54, 1.807) is 14.2 Å². The van der Waals surface area contributed by atoms with Gasteiger partial charge < -0.3 is 13.4 Å². The predicted molar refractivity (Wildman–Crippen MR) is 128 cm³/mol. The molecule has 3 nitrogen and oxygen atoms in total. The third kappa shape index (κ3) is 6.80. The molecule has 0 saturated heterocycles. The van der Waals surface area contributed by atoms with Gasteiger partial charge in [0.05, 0.1) is 0 Å². The Labute approximate surface area is 177 Å². The highest BCUT2D eigenvalue weighted by molar-refractivity contribution is 6.80. The first-order valence-electron chi connectivity index (χ1n) is 11.1. The number of unbranched alkanes of at least 4 members (excludes halogenated alkanes) is 2. The van der Waals surface area contributed by atoms with Crippen LogP contribution in [0.25, 0.3) is 0 Å². The molecule has 162 valence electrons. The van der Waals surface area contributed by atoms with Gasteiger partial charge in [0.2, 0.25) is 0 Å². The smallest absolute Gasteiger partial charge is 0.320 e. The van der Waals surface area contributed by atoms with E-state index in [-0.39, 0.29) is 0 Å². The van der Waals surface area contributed by atoms with Gasteiger partial charge >= 0.3 is 9.28 Å². The molecule has 0 fully saturated rings. The Kier molecular flexibility index (Phi) is 11.8. The van der Waals surface area contributed by atoms with Crippen molar-refractivity contribution in [2.24, 2.45) is 0 Å². The molecule has 28 heavy (non-hydrogen) atoms. The normalized spacial score (nSPS) is 12.9. The van der Waals surface area contributed by atoms with Gasteiger partial charge in [0, 0.05) is 20.8 Å². The second-order valence-corrected chi connectivity index (χ2v) is 17.3. The van der Waals surface area contributed by atoms with E-state index in [9.17, 15) is 0 Å². The topological polar surface area (TPSA) is 21.7 Å². The van der Waals surface area contributed by atoms with E-state index in [2.05, 4.69) is 76.4 Å². The maximum Gasteiger partial charge on any atom is 0.320 e. The molecule has 0 saturated carbocycles. The third-order valence-electron chi connectivity index (χ3n) is 6.43. The Morgan fingerprint density at radius 1 is 0.821 bits per heavy atom. The van der Waals surface area contributed by atoms with Crippen molar-refractivity contribution in [2.75, 3.05) is 20.8 Å². The van der Waals surface area contributed by atoms with E-state index in [1.807, 2.05) is 0 Å². The third-order valence-corrected chi connectivity index (χ3v) is 15.4. The van der Waals surface area contributed by atoms with Crippen molar-refractivity contribution in [3.63, 3.8) is 0 Å². The van der Waals surface area contributed by atoms with Gasteiger partial charge in [-0.3, -0.25) is 0 Å². The van der Waals surface area contributed by atoms with E-state index in [0.29, 0.717) is 0 Å². The van der Waals surface area contributed by atoms with Gasteiger partial charge in [-0.05, 0) is 41.2 Å². The zero-order valence-corrected chi connectivity index (χ0v) is 21.9. The fraction of sp³-hybridized carbons (Fsp3) is 0.739. The van der Waals surface area contributed by atoms with Gasteiger partial charge in [-0.15, -0.1) is 0 Å². The highest BCUT2D eigenvalue weighted by Gasteiger charge is 2.47. The molecule has 0 bridgehead atoms. The second-order valence-electron chi connectivity index (χ2n) is 9.01. The summed E-state index contributed by atoms with van der Waals surface area (Å²) in [6.07, 6.45) is 3.75. The van der Waals surface area contributed by atoms with Crippen LogP contribution in [0.2, 0.25) is 22.7 Å². The van der Waals surface area contributed by atoms with Crippen LogP contribution >= 0.6 is 0 Å². The summed E-state index contributed by atoms with van der Waals surface area (Å²) in [5.74, 6) is 0. The van der Waals surface area contributed by atoms with Crippen molar-refractivity contribution in [3.05, 3.63) is 35.9 Å². The fourth-order valence-electron chi connectivity index (χ4n) is 5.43. The van der Waals surface area contributed by atoms with Crippen molar-refractivity contribution < 1.29 is 8.85 Å². The molecule has 0 aliphatic carbocycles. The molecule has 5 heteroatoms. The van der Waals surface area contributed by atoms with Crippen LogP contribution in [0, 0.1) is 0 Å². The minimum Gasteiger partial charge on any atom is -0.400 e. The lowest BCUT2D eigenvalue weighted by molar-refractivity contribution is 0.275. The van der Waals surface area contributed by atoms with Crippen LogP contribution in [-0.4, -0.2) is 42.8 Å². The van der Waals surface area contributed by atoms with Crippen LogP contribution in [-0.2, 0) is 15.4 Å². The van der Waals surface area contributed by atoms with Crippen molar-refractivity contribution >= 4 is 17.5 Å². The van der Waals surface area contributed by atoms with Crippen LogP contribution in [0.5, 0.6) is 0 Å². The van der Waals surface area contributed by atoms with E-state index in [4.69, 9.17) is 8.85 Å². The zero-order valence-electron chi connectivity index (χ0n) is 19.7. The van der Waals surface area contributed by atoms with Gasteiger partial charge in [0.1, 0.15) is 8.24 Å². The van der Waals surface area contributed by atoms with Gasteiger partial charge in [-0.1, -0.05) is 84.7 Å². The van der Waals surface area contributed by atoms with Crippen LogP contribution in [0.3, 0.4) is 0 Å². The standard InChI is InChI=1S/C23H45NO2Si2/c1-20(2)28(21(3)4,22(5)6)24(19-23-15-11-9-12-16-23)17-13-10-14-18-27(25-7)26-8/h9,11-12,15-16,20-22,27H,10,13-14,17-19H2,1-8H3. The lowest BCUT2D eigenvalue weighted by Gasteiger charge is -2.51. The number of nitrogens with zero attached hydrogens (tertiary/aromatic N) is 1. The Hall–Kier alpha value is -0.466. The summed E-state index contributed by atoms with van der Waals surface area (Å²) < 4.78 is 13.9. The number of hydrogen-bond donors (Lipinski definition) is 0. The van der Waals surface area contributed by atoms with Crippen molar-refractivity contribution in [1.29, 1.82) is 0 Å². The van der Waals surface area contributed by atoms with E-state index in [1.165, 1.54) is 31.4 Å². The first kappa shape index (κ1) is 25.6. The summed E-state index contributed by atoms with van der Waals surface area (Å²) >= 11 is 0. The van der Waals surface area contributed by atoms with Gasteiger partial charge in [0.25, 0.3) is 0 Å². The summed E-state index contributed by atoms with van der Waals surface area (Å²) in [6.45, 7) is 17.1. The molecule has 0 aliphatic heterocycles. The number of hydrogen-bond acceptors (Lipinski definition) is 3. The molecule has 0 N–H and O–H groups in total. The molecule has 0 spiro atoms. The Morgan fingerprint density at radius 2 is 1.36 bits per heavy atom. The average molecular weight is 424 g/mol. The lowest BCUT2D eigenvalue weighted by atomic mass is 10.2. The molecule has 1 aromatic rings. The minimum absolute atomic E-state index is 0.745. The summed E-state index contributed by atoms with van der Waals surface area (Å²) in [5, 5.41) is 0. The minimum atomic E-state index is -1.64. The average Bonchev–Trinajstić information content (AvgIpc) is 2.64. The zero-order chi connectivity index (χ0) is 21.2. The summed E-state index contributed by atoms with van der Waals surface area (Å²) in [5.41, 5.74) is 3.69. The van der Waals surface area contributed by atoms with Gasteiger partial charge in [0.15, 0.2) is 0 Å². The van der Waals surface area contributed by atoms with E-state index in [0.717, 1.165) is 29.2 Å². The monoisotopic (exact) mass is 423 g/mol. The molecular formula is C23H45NO2Si2. The molecule has 0 aromatic heterocycles. The molecule has 0 radical (unpaired) electrons. The highest BCUT2D eigenvalue weighted by atomic mass is 28.3. The molecule has 1 aromatic carbocycles. The molecule has 1 rings (SSSR count). The predicted octanol–water partition coefficient (Wildman–Crippen LogP) is 6.35. The first-order chi connectivity index (χ1) is 13.3. The Bertz CT molecular complexity index is 497. The maximum atomic E-state index is 5.47. The van der Waals surface area contributed by atoms with Crippen molar-refractivity contribution in [1.82, 2.24) is 4.57 Å². The molecule has 0 amide bonds. The summed E-state index contributed by atoms with van der Waals surface area (Å²) in [6, 6.07) is 12.2. The summed E-state index contributed by atoms with van der Waals surface area (Å²) in [4.78, 5) is 0. The Balaban J connectivity index is 2.92. The summed E-state index contributed by atoms with van der Waals surface area (Å²) in [7, 11) is 0.529. The van der Waals surface area contributed by atoms with Crippen molar-refractivity contribution in [3.8, 4) is 0 Å². The SMILES string of the molecule is CO[SiH](CCCCCN(Cc1ccccc1)[Si](C(C)C)(C(C)C)C(C)C)OC. The lowest BCUT2D eigenvalue weighted by Crippen LogP contribution is -2.60. The molecule has 0 atom stereocenters. The maximum absolute atomic E-state index is 5.47. The number of rotatable bonds is 14. The molecule has 0 aliphatic rings. The number of benzene rings is 1. The largest absolute Gasteiger partial charge is 0.400 e. The van der Waals surface area contributed by atoms with Crippen LogP contribution < -0.4 is 0 Å². The van der Waals surface area contributed by atoms with Gasteiger partial charge in [-0.25, -0.2) is 0 Å². The van der Waals surface area contributed by atoms with E-state index < -0.39 is 17.5 Å². The van der Waals surface area contributed by atoms with Crippen LogP contribution in [0.4, 0.5) is 0 Å². The van der Waals surface area contributed by atoms with Crippen LogP contribution in [0.15, 0.2) is 30.3 Å². The van der Waals surface area contributed by atoms with Gasteiger partial charge in [-0.2, -0.15) is 0 Å². The molecular weight excluding hydrogens is 378 g/mol. The molecule has 0 heterocycles. The highest BCUT2D eigenvalue weighted by Crippen LogP contribution is 2.44. The quantitative estimate of drug-likeness (QED) is 0.257. The van der Waals surface area contributed by atoms with Crippen LogP contribution in [0.1, 0.15) is 66.4 Å². The second kappa shape index (κ2) is 13.0. The Morgan fingerprint density at radius 3 is 1.82 bits per heavy atom. The first-order valence-corrected chi connectivity index (χ1v) is 15.1. The van der Waals surface area contributed by atoms with Crippen molar-refractivity contribution in [2.45, 2.75) is 90.0 Å². The van der Waals surface area contributed by atoms with E-state index >= 15 is 0 Å². The molecule has 0 unspecified atom stereocenters. The fourth-order valence-corrected chi connectivity index (χ4v) is 13.9.